The number of phenolic OH excluding ortho intramolecular Hbond substituents is 2. The summed E-state index contributed by atoms with van der Waals surface area (Å²) in [4.78, 5) is 19.7. The highest BCUT2D eigenvalue weighted by atomic mass is 32.2. The fourth-order valence-corrected chi connectivity index (χ4v) is 3.08. The van der Waals surface area contributed by atoms with Gasteiger partial charge in [-0.3, -0.25) is 4.55 Å². The van der Waals surface area contributed by atoms with Gasteiger partial charge in [0.15, 0.2) is 0 Å². The highest BCUT2D eigenvalue weighted by Crippen LogP contribution is 2.25. The zero-order valence-electron chi connectivity index (χ0n) is 19.1. The minimum atomic E-state index is -4.47. The lowest BCUT2D eigenvalue weighted by Crippen LogP contribution is -2.39. The van der Waals surface area contributed by atoms with E-state index in [-0.39, 0.29) is 5.75 Å². The van der Waals surface area contributed by atoms with Crippen LogP contribution in [0, 0.1) is 0 Å². The first kappa shape index (κ1) is 30.1. The molecule has 7 N–H and O–H groups in total. The van der Waals surface area contributed by atoms with Crippen molar-refractivity contribution in [1.82, 2.24) is 10.6 Å². The predicted octanol–water partition coefficient (Wildman–Crippen LogP) is 2.29. The Kier molecular flexibility index (Phi) is 13.2. The average Bonchev–Trinajstić information content (AvgIpc) is 2.88. The third-order valence-electron chi connectivity index (χ3n) is 4.22. The van der Waals surface area contributed by atoms with Crippen LogP contribution in [0.1, 0.15) is 20.7 Å². The van der Waals surface area contributed by atoms with Gasteiger partial charge in [0.1, 0.15) is 16.4 Å². The highest BCUT2D eigenvalue weighted by molar-refractivity contribution is 7.86. The zero-order chi connectivity index (χ0) is 27.0. The summed E-state index contributed by atoms with van der Waals surface area (Å²) in [6.45, 7) is 4.56. The van der Waals surface area contributed by atoms with Crippen molar-refractivity contribution in [3.8, 4) is 11.5 Å². The van der Waals surface area contributed by atoms with Crippen LogP contribution in [-0.2, 0) is 10.1 Å². The number of benzene rings is 3. The minimum Gasteiger partial charge on any atom is -0.508 e. The van der Waals surface area contributed by atoms with E-state index in [4.69, 9.17) is 25.0 Å². The number of carboxylic acids is 2. The van der Waals surface area contributed by atoms with Crippen LogP contribution in [0.15, 0.2) is 83.8 Å². The van der Waals surface area contributed by atoms with E-state index in [0.29, 0.717) is 11.1 Å². The average molecular weight is 521 g/mol. The monoisotopic (exact) mass is 520 g/mol. The molecule has 0 radical (unpaired) electrons. The predicted molar refractivity (Wildman–Crippen MR) is 132 cm³/mol. The summed E-state index contributed by atoms with van der Waals surface area (Å²) >= 11 is 0. The van der Waals surface area contributed by atoms with Gasteiger partial charge in [0.25, 0.3) is 10.1 Å². The molecular formula is C24H28N2O9S. The van der Waals surface area contributed by atoms with Crippen molar-refractivity contribution in [1.29, 1.82) is 0 Å². The van der Waals surface area contributed by atoms with E-state index < -0.39 is 32.7 Å². The first-order chi connectivity index (χ1) is 17.0. The summed E-state index contributed by atoms with van der Waals surface area (Å²) in [6.07, 6.45) is 0. The quantitative estimate of drug-likeness (QED) is 0.198. The molecule has 0 aromatic heterocycles. The number of phenols is 2. The standard InChI is InChI=1S/2C7H6O2.C6H6O5S.C4H10N2/c2*8-7(9)6-4-2-1-3-5-6;7-4-1-2-5(8)6(3-4)12(9,10)11;1-2-6-4-3-5-1/h2*1-5H,(H,8,9);1-3,7-8H,(H,9,10,11);5-6H,1-4H2. The maximum atomic E-state index is 10.5. The lowest BCUT2D eigenvalue weighted by Gasteiger charge is -2.11. The smallest absolute Gasteiger partial charge is 0.335 e. The van der Waals surface area contributed by atoms with Gasteiger partial charge in [-0.2, -0.15) is 8.42 Å². The van der Waals surface area contributed by atoms with Gasteiger partial charge in [0, 0.05) is 32.2 Å². The Hall–Kier alpha value is -3.97. The summed E-state index contributed by atoms with van der Waals surface area (Å²) in [6, 6.07) is 19.4. The van der Waals surface area contributed by atoms with Crippen LogP contribution < -0.4 is 10.6 Å². The Balaban J connectivity index is 0.000000246. The van der Waals surface area contributed by atoms with Gasteiger partial charge in [0.05, 0.1) is 11.1 Å². The molecule has 1 aliphatic rings. The molecule has 1 aliphatic heterocycles. The van der Waals surface area contributed by atoms with Gasteiger partial charge in [0.2, 0.25) is 0 Å². The molecular weight excluding hydrogens is 492 g/mol. The molecule has 1 saturated heterocycles. The van der Waals surface area contributed by atoms with Crippen molar-refractivity contribution in [2.75, 3.05) is 26.2 Å². The Morgan fingerprint density at radius 2 is 1.06 bits per heavy atom. The SMILES string of the molecule is C1CNCCN1.O=C(O)c1ccccc1.O=C(O)c1ccccc1.O=S(=O)(O)c1cc(O)ccc1O. The van der Waals surface area contributed by atoms with Crippen LogP contribution in [0.2, 0.25) is 0 Å². The molecule has 11 nitrogen and oxygen atoms in total. The summed E-state index contributed by atoms with van der Waals surface area (Å²) in [5.74, 6) is -2.71. The molecule has 0 unspecified atom stereocenters. The van der Waals surface area contributed by atoms with Crippen LogP contribution in [0.5, 0.6) is 11.5 Å². The third-order valence-corrected chi connectivity index (χ3v) is 5.10. The van der Waals surface area contributed by atoms with Crippen LogP contribution in [-0.4, -0.2) is 71.5 Å². The maximum Gasteiger partial charge on any atom is 0.335 e. The largest absolute Gasteiger partial charge is 0.508 e. The summed E-state index contributed by atoms with van der Waals surface area (Å²) in [5.41, 5.74) is 0.662. The van der Waals surface area contributed by atoms with Gasteiger partial charge in [-0.25, -0.2) is 9.59 Å². The molecule has 0 saturated carbocycles. The summed E-state index contributed by atoms with van der Waals surface area (Å²) < 4.78 is 29.5. The molecule has 0 atom stereocenters. The molecule has 1 heterocycles. The molecule has 0 aliphatic carbocycles. The number of nitrogens with one attached hydrogen (secondary N) is 2. The zero-order valence-corrected chi connectivity index (χ0v) is 19.9. The van der Waals surface area contributed by atoms with Gasteiger partial charge >= 0.3 is 11.9 Å². The molecule has 36 heavy (non-hydrogen) atoms. The van der Waals surface area contributed by atoms with E-state index in [0.717, 1.165) is 44.4 Å². The van der Waals surface area contributed by atoms with E-state index in [1.54, 1.807) is 60.7 Å². The maximum absolute atomic E-state index is 10.5. The van der Waals surface area contributed by atoms with Gasteiger partial charge in [-0.05, 0) is 36.4 Å². The van der Waals surface area contributed by atoms with E-state index >= 15 is 0 Å². The van der Waals surface area contributed by atoms with Crippen molar-refractivity contribution in [2.24, 2.45) is 0 Å². The Labute approximate surface area is 208 Å². The third kappa shape index (κ3) is 12.5. The molecule has 4 rings (SSSR count). The number of carboxylic acid groups (broad SMARTS) is 2. The van der Waals surface area contributed by atoms with E-state index in [1.807, 2.05) is 0 Å². The molecule has 0 spiro atoms. The number of aromatic carboxylic acids is 2. The molecule has 0 bridgehead atoms. The van der Waals surface area contributed by atoms with Crippen LogP contribution in [0.25, 0.3) is 0 Å². The van der Waals surface area contributed by atoms with Crippen molar-refractivity contribution < 1.29 is 43.0 Å². The molecule has 194 valence electrons. The van der Waals surface area contributed by atoms with Crippen molar-refractivity contribution in [3.05, 3.63) is 90.0 Å². The number of aromatic hydroxyl groups is 2. The van der Waals surface area contributed by atoms with E-state index in [2.05, 4.69) is 10.6 Å². The van der Waals surface area contributed by atoms with Crippen molar-refractivity contribution >= 4 is 22.1 Å². The van der Waals surface area contributed by atoms with Gasteiger partial charge in [-0.15, -0.1) is 0 Å². The molecule has 3 aromatic carbocycles. The van der Waals surface area contributed by atoms with Crippen LogP contribution >= 0.6 is 0 Å². The van der Waals surface area contributed by atoms with Crippen molar-refractivity contribution in [3.63, 3.8) is 0 Å². The summed E-state index contributed by atoms with van der Waals surface area (Å²) in [5, 5.41) is 40.9. The highest BCUT2D eigenvalue weighted by Gasteiger charge is 2.15. The molecule has 12 heteroatoms. The van der Waals surface area contributed by atoms with E-state index in [1.165, 1.54) is 0 Å². The number of hydrogen-bond acceptors (Lipinski definition) is 8. The number of carbonyl (C=O) groups is 2. The first-order valence-electron chi connectivity index (χ1n) is 10.5. The molecule has 3 aromatic rings. The Bertz CT molecular complexity index is 1120. The summed E-state index contributed by atoms with van der Waals surface area (Å²) in [7, 11) is -4.47. The second-order valence-corrected chi connectivity index (χ2v) is 8.36. The van der Waals surface area contributed by atoms with Crippen molar-refractivity contribution in [2.45, 2.75) is 4.90 Å². The van der Waals surface area contributed by atoms with Crippen LogP contribution in [0.3, 0.4) is 0 Å². The normalized spacial score (nSPS) is 12.2. The van der Waals surface area contributed by atoms with Crippen LogP contribution in [0.4, 0.5) is 0 Å². The van der Waals surface area contributed by atoms with E-state index in [9.17, 15) is 18.0 Å². The molecule has 1 fully saturated rings. The minimum absolute atomic E-state index is 0.331. The van der Waals surface area contributed by atoms with Gasteiger partial charge in [-0.1, -0.05) is 36.4 Å². The van der Waals surface area contributed by atoms with Gasteiger partial charge < -0.3 is 31.1 Å². The Morgan fingerprint density at radius 1 is 0.667 bits per heavy atom. The first-order valence-corrected chi connectivity index (χ1v) is 11.9. The fraction of sp³-hybridized carbons (Fsp3) is 0.167. The number of hydrogen-bond donors (Lipinski definition) is 7. The second kappa shape index (κ2) is 15.8. The number of piperazine rings is 1. The Morgan fingerprint density at radius 3 is 1.31 bits per heavy atom. The fourth-order valence-electron chi connectivity index (χ4n) is 2.47. The lowest BCUT2D eigenvalue weighted by atomic mass is 10.2. The number of rotatable bonds is 3. The lowest BCUT2D eigenvalue weighted by molar-refractivity contribution is 0.0686. The molecule has 0 amide bonds. The topological polar surface area (TPSA) is 193 Å². The second-order valence-electron chi connectivity index (χ2n) is 6.97.